The van der Waals surface area contributed by atoms with Crippen LogP contribution in [-0.4, -0.2) is 69.9 Å². The predicted octanol–water partition coefficient (Wildman–Crippen LogP) is 2.51. The van der Waals surface area contributed by atoms with E-state index in [1.807, 2.05) is 18.2 Å². The third kappa shape index (κ3) is 7.41. The number of benzene rings is 1. The maximum atomic E-state index is 5.86. The zero-order valence-electron chi connectivity index (χ0n) is 18.0. The highest BCUT2D eigenvalue weighted by Gasteiger charge is 2.34. The molecule has 0 aromatic heterocycles. The zero-order valence-corrected chi connectivity index (χ0v) is 18.0. The van der Waals surface area contributed by atoms with E-state index >= 15 is 0 Å². The van der Waals surface area contributed by atoms with Crippen molar-refractivity contribution in [3.63, 3.8) is 0 Å². The van der Waals surface area contributed by atoms with Crippen LogP contribution in [0.25, 0.3) is 0 Å². The Labute approximate surface area is 170 Å². The summed E-state index contributed by atoms with van der Waals surface area (Å²) in [4.78, 5) is 7.19. The molecule has 0 bridgehead atoms. The van der Waals surface area contributed by atoms with E-state index < -0.39 is 0 Å². The average Bonchev–Trinajstić information content (AvgIpc) is 2.71. The molecule has 1 unspecified atom stereocenters. The number of nitrogens with zero attached hydrogens (tertiary/aromatic N) is 2. The first-order valence-corrected chi connectivity index (χ1v) is 10.4. The van der Waals surface area contributed by atoms with Gasteiger partial charge in [-0.3, -0.25) is 4.99 Å². The summed E-state index contributed by atoms with van der Waals surface area (Å²) >= 11 is 0. The molecule has 1 heterocycles. The lowest BCUT2D eigenvalue weighted by Gasteiger charge is -2.41. The van der Waals surface area contributed by atoms with Gasteiger partial charge < -0.3 is 25.0 Å². The molecule has 28 heavy (non-hydrogen) atoms. The van der Waals surface area contributed by atoms with Crippen LogP contribution in [0.15, 0.2) is 35.3 Å². The first-order valence-electron chi connectivity index (χ1n) is 10.4. The lowest BCUT2D eigenvalue weighted by Crippen LogP contribution is -2.52. The Balaban J connectivity index is 1.79. The molecule has 0 radical (unpaired) electrons. The lowest BCUT2D eigenvalue weighted by atomic mass is 9.89. The fraction of sp³-hybridized carbons (Fsp3) is 0.682. The number of rotatable bonds is 10. The van der Waals surface area contributed by atoms with Gasteiger partial charge >= 0.3 is 0 Å². The molecule has 1 aromatic carbocycles. The van der Waals surface area contributed by atoms with Crippen molar-refractivity contribution in [2.45, 2.75) is 38.8 Å². The van der Waals surface area contributed by atoms with Crippen LogP contribution in [0.3, 0.4) is 0 Å². The largest absolute Gasteiger partial charge is 0.381 e. The van der Waals surface area contributed by atoms with Gasteiger partial charge in [-0.25, -0.2) is 0 Å². The molecule has 1 saturated heterocycles. The van der Waals surface area contributed by atoms with Gasteiger partial charge in [-0.1, -0.05) is 37.3 Å². The molecule has 2 N–H and O–H groups in total. The summed E-state index contributed by atoms with van der Waals surface area (Å²) in [6.07, 6.45) is 2.04. The predicted molar refractivity (Wildman–Crippen MR) is 116 cm³/mol. The van der Waals surface area contributed by atoms with Gasteiger partial charge in [-0.05, 0) is 45.3 Å². The van der Waals surface area contributed by atoms with Crippen LogP contribution in [0.5, 0.6) is 0 Å². The van der Waals surface area contributed by atoms with E-state index in [1.54, 1.807) is 0 Å². The molecule has 1 aliphatic rings. The van der Waals surface area contributed by atoms with E-state index in [4.69, 9.17) is 14.5 Å². The van der Waals surface area contributed by atoms with Crippen LogP contribution in [-0.2, 0) is 16.1 Å². The Hall–Kier alpha value is -1.63. The second-order valence-corrected chi connectivity index (χ2v) is 7.91. The minimum absolute atomic E-state index is 0.0883. The van der Waals surface area contributed by atoms with Crippen molar-refractivity contribution in [1.82, 2.24) is 15.5 Å². The monoisotopic (exact) mass is 390 g/mol. The number of ether oxygens (including phenoxy) is 2. The van der Waals surface area contributed by atoms with Crippen LogP contribution < -0.4 is 10.6 Å². The average molecular weight is 391 g/mol. The van der Waals surface area contributed by atoms with E-state index in [2.05, 4.69) is 55.6 Å². The Morgan fingerprint density at radius 3 is 2.57 bits per heavy atom. The summed E-state index contributed by atoms with van der Waals surface area (Å²) in [6.45, 7) is 9.76. The highest BCUT2D eigenvalue weighted by atomic mass is 16.5. The first-order chi connectivity index (χ1) is 13.6. The van der Waals surface area contributed by atoms with E-state index in [0.717, 1.165) is 58.3 Å². The summed E-state index contributed by atoms with van der Waals surface area (Å²) in [5, 5.41) is 6.84. The molecular weight excluding hydrogens is 352 g/mol. The van der Waals surface area contributed by atoms with Gasteiger partial charge in [0.15, 0.2) is 5.96 Å². The number of hydrogen-bond acceptors (Lipinski definition) is 4. The van der Waals surface area contributed by atoms with Crippen molar-refractivity contribution < 1.29 is 9.47 Å². The molecule has 1 aliphatic heterocycles. The SMILES string of the molecule is CCNC(=NCC1(N(C)C)CCOCC1)NCC(C)COCc1ccccc1. The lowest BCUT2D eigenvalue weighted by molar-refractivity contribution is -0.00255. The quantitative estimate of drug-likeness (QED) is 0.475. The fourth-order valence-corrected chi connectivity index (χ4v) is 3.35. The van der Waals surface area contributed by atoms with Crippen molar-refractivity contribution in [2.24, 2.45) is 10.9 Å². The van der Waals surface area contributed by atoms with Crippen LogP contribution in [0.4, 0.5) is 0 Å². The molecule has 6 nitrogen and oxygen atoms in total. The molecular formula is C22H38N4O2. The third-order valence-electron chi connectivity index (χ3n) is 5.38. The van der Waals surface area contributed by atoms with Crippen LogP contribution >= 0.6 is 0 Å². The van der Waals surface area contributed by atoms with Gasteiger partial charge in [0, 0.05) is 31.8 Å². The molecule has 0 amide bonds. The topological polar surface area (TPSA) is 58.1 Å². The van der Waals surface area contributed by atoms with Gasteiger partial charge in [0.25, 0.3) is 0 Å². The molecule has 158 valence electrons. The smallest absolute Gasteiger partial charge is 0.191 e. The van der Waals surface area contributed by atoms with Gasteiger partial charge in [-0.15, -0.1) is 0 Å². The molecule has 0 spiro atoms. The Morgan fingerprint density at radius 2 is 1.93 bits per heavy atom. The van der Waals surface area contributed by atoms with Crippen molar-refractivity contribution in [3.8, 4) is 0 Å². The zero-order chi connectivity index (χ0) is 20.2. The Bertz CT molecular complexity index is 571. The number of aliphatic imine (C=N–C) groups is 1. The molecule has 1 atom stereocenters. The van der Waals surface area contributed by atoms with Crippen molar-refractivity contribution in [3.05, 3.63) is 35.9 Å². The first kappa shape index (κ1) is 22.7. The molecule has 2 rings (SSSR count). The van der Waals surface area contributed by atoms with Gasteiger partial charge in [0.05, 0.1) is 19.8 Å². The van der Waals surface area contributed by atoms with Crippen molar-refractivity contribution in [1.29, 1.82) is 0 Å². The maximum Gasteiger partial charge on any atom is 0.191 e. The summed E-state index contributed by atoms with van der Waals surface area (Å²) in [5.74, 6) is 1.28. The second kappa shape index (κ2) is 12.0. The summed E-state index contributed by atoms with van der Waals surface area (Å²) in [7, 11) is 4.29. The minimum Gasteiger partial charge on any atom is -0.381 e. The highest BCUT2D eigenvalue weighted by molar-refractivity contribution is 5.79. The van der Waals surface area contributed by atoms with Crippen molar-refractivity contribution >= 4 is 5.96 Å². The highest BCUT2D eigenvalue weighted by Crippen LogP contribution is 2.26. The van der Waals surface area contributed by atoms with E-state index in [-0.39, 0.29) is 5.54 Å². The number of hydrogen-bond donors (Lipinski definition) is 2. The van der Waals surface area contributed by atoms with Crippen LogP contribution in [0.2, 0.25) is 0 Å². The molecule has 6 heteroatoms. The standard InChI is InChI=1S/C22H38N4O2/c1-5-23-21(25-18-22(26(3)4)11-13-27-14-12-22)24-15-19(2)16-28-17-20-9-7-6-8-10-20/h6-10,19H,5,11-18H2,1-4H3,(H2,23,24,25). The van der Waals surface area contributed by atoms with Crippen molar-refractivity contribution in [2.75, 3.05) is 53.6 Å². The third-order valence-corrected chi connectivity index (χ3v) is 5.38. The van der Waals surface area contributed by atoms with Gasteiger partial charge in [-0.2, -0.15) is 0 Å². The van der Waals surface area contributed by atoms with Crippen LogP contribution in [0.1, 0.15) is 32.3 Å². The molecule has 1 aromatic rings. The summed E-state index contributed by atoms with van der Waals surface area (Å²) in [5.41, 5.74) is 1.30. The van der Waals surface area contributed by atoms with Gasteiger partial charge in [0.2, 0.25) is 0 Å². The Morgan fingerprint density at radius 1 is 1.21 bits per heavy atom. The van der Waals surface area contributed by atoms with Gasteiger partial charge in [0.1, 0.15) is 0 Å². The molecule has 0 aliphatic carbocycles. The normalized spacial score (nSPS) is 18.1. The molecule has 0 saturated carbocycles. The second-order valence-electron chi connectivity index (χ2n) is 7.91. The van der Waals surface area contributed by atoms with E-state index in [9.17, 15) is 0 Å². The van der Waals surface area contributed by atoms with E-state index in [0.29, 0.717) is 12.5 Å². The maximum absolute atomic E-state index is 5.86. The van der Waals surface area contributed by atoms with E-state index in [1.165, 1.54) is 5.56 Å². The summed E-state index contributed by atoms with van der Waals surface area (Å²) < 4.78 is 11.4. The fourth-order valence-electron chi connectivity index (χ4n) is 3.35. The Kier molecular flexibility index (Phi) is 9.75. The number of nitrogens with one attached hydrogen (secondary N) is 2. The number of guanidine groups is 1. The number of likely N-dealkylation sites (N-methyl/N-ethyl adjacent to an activating group) is 1. The van der Waals surface area contributed by atoms with Crippen LogP contribution in [0, 0.1) is 5.92 Å². The minimum atomic E-state index is 0.0883. The molecule has 1 fully saturated rings. The summed E-state index contributed by atoms with van der Waals surface area (Å²) in [6, 6.07) is 10.3.